The first-order valence-corrected chi connectivity index (χ1v) is 10.7. The first-order valence-electron chi connectivity index (χ1n) is 10.7. The van der Waals surface area contributed by atoms with E-state index in [9.17, 15) is 24.9 Å². The summed E-state index contributed by atoms with van der Waals surface area (Å²) < 4.78 is 1.04. The molecule has 1 aliphatic rings. The first-order chi connectivity index (χ1) is 15.8. The van der Waals surface area contributed by atoms with E-state index < -0.39 is 17.6 Å². The number of hydrogen-bond acceptors (Lipinski definition) is 7. The number of nitrogens with one attached hydrogen (secondary N) is 1. The summed E-state index contributed by atoms with van der Waals surface area (Å²) in [6.07, 6.45) is 2.28. The summed E-state index contributed by atoms with van der Waals surface area (Å²) in [5.41, 5.74) is 1.48. The summed E-state index contributed by atoms with van der Waals surface area (Å²) in [6.45, 7) is 5.67. The third kappa shape index (κ3) is 4.32. The van der Waals surface area contributed by atoms with E-state index in [1.807, 2.05) is 26.0 Å². The quantitative estimate of drug-likeness (QED) is 0.447. The van der Waals surface area contributed by atoms with Crippen LogP contribution in [-0.2, 0) is 0 Å². The number of nitrogens with zero attached hydrogens (tertiary/aromatic N) is 4. The van der Waals surface area contributed by atoms with E-state index in [0.717, 1.165) is 42.4 Å². The van der Waals surface area contributed by atoms with Crippen LogP contribution in [0, 0.1) is 0 Å². The zero-order valence-electron chi connectivity index (χ0n) is 18.3. The van der Waals surface area contributed by atoms with E-state index in [2.05, 4.69) is 20.5 Å². The predicted octanol–water partition coefficient (Wildman–Crippen LogP) is 3.35. The van der Waals surface area contributed by atoms with Crippen LogP contribution in [0.5, 0.6) is 11.5 Å². The number of hydrogen-bond donors (Lipinski definition) is 4. The van der Waals surface area contributed by atoms with Gasteiger partial charge in [-0.1, -0.05) is 19.1 Å². The number of aromatic carboxylic acids is 1. The van der Waals surface area contributed by atoms with Gasteiger partial charge in [-0.15, -0.1) is 5.10 Å². The summed E-state index contributed by atoms with van der Waals surface area (Å²) in [5.74, 6) is -2.66. The molecule has 0 saturated carbocycles. The summed E-state index contributed by atoms with van der Waals surface area (Å²) in [6, 6.07) is 9.69. The van der Waals surface area contributed by atoms with Gasteiger partial charge in [0, 0.05) is 30.4 Å². The van der Waals surface area contributed by atoms with Gasteiger partial charge in [0.2, 0.25) is 5.69 Å². The van der Waals surface area contributed by atoms with Gasteiger partial charge in [-0.3, -0.25) is 4.79 Å². The molecule has 4 rings (SSSR count). The fourth-order valence-electron chi connectivity index (χ4n) is 3.90. The molecule has 1 aliphatic heterocycles. The minimum absolute atomic E-state index is 0.0798. The molecular weight excluding hydrogens is 426 g/mol. The number of rotatable bonds is 6. The number of phenols is 2. The second-order valence-corrected chi connectivity index (χ2v) is 8.25. The Morgan fingerprint density at radius 1 is 1.03 bits per heavy atom. The minimum atomic E-state index is -1.39. The number of carbonyl (C=O) groups is 2. The number of anilines is 2. The van der Waals surface area contributed by atoms with Crippen LogP contribution in [0.2, 0.25) is 0 Å². The Kier molecular flexibility index (Phi) is 5.91. The molecule has 0 bridgehead atoms. The molecule has 0 aliphatic carbocycles. The van der Waals surface area contributed by atoms with Crippen molar-refractivity contribution in [2.75, 3.05) is 23.3 Å². The maximum atomic E-state index is 12.9. The highest BCUT2D eigenvalue weighted by Gasteiger charge is 2.25. The van der Waals surface area contributed by atoms with Crippen LogP contribution in [0.15, 0.2) is 36.4 Å². The highest BCUT2D eigenvalue weighted by molar-refractivity contribution is 6.06. The molecule has 10 heteroatoms. The molecule has 1 fully saturated rings. The van der Waals surface area contributed by atoms with Gasteiger partial charge >= 0.3 is 5.97 Å². The molecule has 0 atom stereocenters. The zero-order chi connectivity index (χ0) is 23.7. The molecule has 1 aromatic heterocycles. The van der Waals surface area contributed by atoms with Crippen molar-refractivity contribution in [1.82, 2.24) is 15.0 Å². The van der Waals surface area contributed by atoms with Gasteiger partial charge in [-0.05, 0) is 54.7 Å². The number of aromatic nitrogens is 3. The van der Waals surface area contributed by atoms with Crippen LogP contribution < -0.4 is 10.2 Å². The van der Waals surface area contributed by atoms with Gasteiger partial charge in [0.25, 0.3) is 5.91 Å². The Hall–Kier alpha value is -4.08. The van der Waals surface area contributed by atoms with E-state index in [0.29, 0.717) is 11.1 Å². The molecular formula is C23H25N5O5. The molecule has 2 heterocycles. The van der Waals surface area contributed by atoms with Gasteiger partial charge in [0.15, 0.2) is 5.82 Å². The van der Waals surface area contributed by atoms with Gasteiger partial charge in [-0.2, -0.15) is 4.68 Å². The molecule has 2 aromatic carbocycles. The lowest BCUT2D eigenvalue weighted by Crippen LogP contribution is -2.19. The topological polar surface area (TPSA) is 141 Å². The third-order valence-corrected chi connectivity index (χ3v) is 5.68. The fourth-order valence-corrected chi connectivity index (χ4v) is 3.90. The summed E-state index contributed by atoms with van der Waals surface area (Å²) in [4.78, 5) is 26.9. The summed E-state index contributed by atoms with van der Waals surface area (Å²) >= 11 is 0. The Morgan fingerprint density at radius 3 is 2.30 bits per heavy atom. The highest BCUT2D eigenvalue weighted by Crippen LogP contribution is 2.35. The standard InChI is InChI=1S/C23H25N5O5/c1-13(2)16-11-17(19(30)12-18(16)29)28-21(20(23(32)33)25-26-28)24-22(31)14-5-7-15(8-6-14)27-9-3-4-10-27/h5-8,11-13,29-30H,3-4,9-10H2,1-2H3,(H,24,31)(H,32,33). The van der Waals surface area contributed by atoms with Gasteiger partial charge < -0.3 is 25.5 Å². The normalized spacial score (nSPS) is 13.5. The van der Waals surface area contributed by atoms with E-state index in [-0.39, 0.29) is 28.9 Å². The molecule has 3 aromatic rings. The number of benzene rings is 2. The SMILES string of the molecule is CC(C)c1cc(-n2nnc(C(=O)O)c2NC(=O)c2ccc(N3CCCC3)cc2)c(O)cc1O. The van der Waals surface area contributed by atoms with Crippen molar-refractivity contribution in [2.45, 2.75) is 32.6 Å². The first kappa shape index (κ1) is 22.1. The smallest absolute Gasteiger partial charge is 0.360 e. The lowest BCUT2D eigenvalue weighted by Gasteiger charge is -2.17. The molecule has 0 radical (unpaired) electrons. The van der Waals surface area contributed by atoms with Crippen LogP contribution in [0.3, 0.4) is 0 Å². The van der Waals surface area contributed by atoms with E-state index >= 15 is 0 Å². The zero-order valence-corrected chi connectivity index (χ0v) is 18.3. The van der Waals surface area contributed by atoms with Crippen molar-refractivity contribution < 1.29 is 24.9 Å². The number of carboxylic acid groups (broad SMARTS) is 1. The molecule has 1 amide bonds. The molecule has 1 saturated heterocycles. The summed E-state index contributed by atoms with van der Waals surface area (Å²) in [5, 5.41) is 40.1. The van der Waals surface area contributed by atoms with Gasteiger partial charge in [0.1, 0.15) is 17.2 Å². The van der Waals surface area contributed by atoms with Gasteiger partial charge in [0.05, 0.1) is 0 Å². The predicted molar refractivity (Wildman–Crippen MR) is 122 cm³/mol. The van der Waals surface area contributed by atoms with Crippen molar-refractivity contribution in [3.8, 4) is 17.2 Å². The average molecular weight is 451 g/mol. The van der Waals surface area contributed by atoms with Crippen LogP contribution in [-0.4, -0.2) is 55.3 Å². The second kappa shape index (κ2) is 8.81. The molecule has 0 unspecified atom stereocenters. The second-order valence-electron chi connectivity index (χ2n) is 8.25. The molecule has 10 nitrogen and oxygen atoms in total. The number of aromatic hydroxyl groups is 2. The van der Waals surface area contributed by atoms with Gasteiger partial charge in [-0.25, -0.2) is 4.79 Å². The number of phenolic OH excluding ortho intramolecular Hbond substituents is 2. The maximum absolute atomic E-state index is 12.9. The van der Waals surface area contributed by atoms with Crippen molar-refractivity contribution in [2.24, 2.45) is 0 Å². The Bertz CT molecular complexity index is 1200. The Morgan fingerprint density at radius 2 is 1.70 bits per heavy atom. The fraction of sp³-hybridized carbons (Fsp3) is 0.304. The van der Waals surface area contributed by atoms with Crippen LogP contribution in [0.25, 0.3) is 5.69 Å². The molecule has 33 heavy (non-hydrogen) atoms. The Labute approximate surface area is 190 Å². The van der Waals surface area contributed by atoms with Crippen LogP contribution >= 0.6 is 0 Å². The third-order valence-electron chi connectivity index (χ3n) is 5.68. The maximum Gasteiger partial charge on any atom is 0.360 e. The number of carboxylic acids is 1. The largest absolute Gasteiger partial charge is 0.508 e. The lowest BCUT2D eigenvalue weighted by molar-refractivity contribution is 0.0691. The number of carbonyl (C=O) groups excluding carboxylic acids is 1. The highest BCUT2D eigenvalue weighted by atomic mass is 16.4. The minimum Gasteiger partial charge on any atom is -0.508 e. The van der Waals surface area contributed by atoms with E-state index in [4.69, 9.17) is 0 Å². The van der Waals surface area contributed by atoms with Crippen molar-refractivity contribution in [3.05, 3.63) is 53.2 Å². The lowest BCUT2D eigenvalue weighted by atomic mass is 10.0. The monoisotopic (exact) mass is 451 g/mol. The van der Waals surface area contributed by atoms with Crippen LogP contribution in [0.1, 0.15) is 59.0 Å². The molecule has 0 spiro atoms. The summed E-state index contributed by atoms with van der Waals surface area (Å²) in [7, 11) is 0. The average Bonchev–Trinajstić information content (AvgIpc) is 3.44. The van der Waals surface area contributed by atoms with E-state index in [1.54, 1.807) is 12.1 Å². The van der Waals surface area contributed by atoms with Crippen molar-refractivity contribution >= 4 is 23.4 Å². The molecule has 4 N–H and O–H groups in total. The molecule has 172 valence electrons. The van der Waals surface area contributed by atoms with Crippen molar-refractivity contribution in [1.29, 1.82) is 0 Å². The Balaban J connectivity index is 1.68. The van der Waals surface area contributed by atoms with E-state index in [1.165, 1.54) is 6.07 Å². The van der Waals surface area contributed by atoms with Crippen LogP contribution in [0.4, 0.5) is 11.5 Å². The van der Waals surface area contributed by atoms with Crippen molar-refractivity contribution in [3.63, 3.8) is 0 Å². The number of amides is 1.